The van der Waals surface area contributed by atoms with Crippen molar-refractivity contribution < 1.29 is 13.2 Å². The summed E-state index contributed by atoms with van der Waals surface area (Å²) >= 11 is 0. The van der Waals surface area contributed by atoms with Gasteiger partial charge in [0.05, 0.1) is 11.5 Å². The lowest BCUT2D eigenvalue weighted by Gasteiger charge is -2.32. The van der Waals surface area contributed by atoms with Crippen LogP contribution in [-0.4, -0.2) is 49.4 Å². The van der Waals surface area contributed by atoms with Crippen molar-refractivity contribution in [2.45, 2.75) is 17.9 Å². The number of aryl methyl sites for hydroxylation is 1. The van der Waals surface area contributed by atoms with Crippen LogP contribution in [0.2, 0.25) is 0 Å². The van der Waals surface area contributed by atoms with Gasteiger partial charge in [-0.2, -0.15) is 4.31 Å². The number of sulfonamides is 1. The van der Waals surface area contributed by atoms with Crippen LogP contribution in [0.3, 0.4) is 0 Å². The molecule has 0 aliphatic carbocycles. The zero-order chi connectivity index (χ0) is 17.2. The van der Waals surface area contributed by atoms with Gasteiger partial charge in [0.25, 0.3) is 0 Å². The fourth-order valence-corrected chi connectivity index (χ4v) is 4.42. The summed E-state index contributed by atoms with van der Waals surface area (Å²) in [5.74, 6) is 0.595. The van der Waals surface area contributed by atoms with E-state index in [9.17, 15) is 8.42 Å². The summed E-state index contributed by atoms with van der Waals surface area (Å²) in [5, 5.41) is 2.97. The van der Waals surface area contributed by atoms with Crippen molar-refractivity contribution in [1.29, 1.82) is 0 Å². The molecule has 0 saturated carbocycles. The van der Waals surface area contributed by atoms with E-state index >= 15 is 0 Å². The van der Waals surface area contributed by atoms with E-state index in [-0.39, 0.29) is 6.54 Å². The predicted molar refractivity (Wildman–Crippen MR) is 90.2 cm³/mol. The van der Waals surface area contributed by atoms with Gasteiger partial charge in [-0.3, -0.25) is 4.98 Å². The van der Waals surface area contributed by atoms with Gasteiger partial charge in [0.1, 0.15) is 17.6 Å². The van der Waals surface area contributed by atoms with Crippen molar-refractivity contribution in [3.8, 4) is 0 Å². The first-order chi connectivity index (χ1) is 11.5. The third kappa shape index (κ3) is 3.12. The lowest BCUT2D eigenvalue weighted by molar-refractivity contribution is -0.00469. The van der Waals surface area contributed by atoms with Gasteiger partial charge in [-0.15, -0.1) is 0 Å². The van der Waals surface area contributed by atoms with E-state index in [0.29, 0.717) is 29.6 Å². The van der Waals surface area contributed by atoms with Gasteiger partial charge < -0.3 is 10.1 Å². The van der Waals surface area contributed by atoms with Gasteiger partial charge in [0.15, 0.2) is 0 Å². The molecule has 1 aromatic carbocycles. The molecule has 7 nitrogen and oxygen atoms in total. The second-order valence-corrected chi connectivity index (χ2v) is 7.43. The molecule has 1 aromatic heterocycles. The Morgan fingerprint density at radius 2 is 2.00 bits per heavy atom. The molecule has 0 spiro atoms. The molecule has 8 heteroatoms. The van der Waals surface area contributed by atoms with E-state index in [0.717, 1.165) is 5.56 Å². The van der Waals surface area contributed by atoms with Crippen LogP contribution in [-0.2, 0) is 14.8 Å². The zero-order valence-electron chi connectivity index (χ0n) is 13.6. The van der Waals surface area contributed by atoms with Crippen LogP contribution in [0.1, 0.15) is 17.4 Å². The van der Waals surface area contributed by atoms with Crippen molar-refractivity contribution >= 4 is 15.8 Å². The van der Waals surface area contributed by atoms with E-state index < -0.39 is 16.1 Å². The van der Waals surface area contributed by atoms with Gasteiger partial charge in [-0.05, 0) is 18.6 Å². The predicted octanol–water partition coefficient (Wildman–Crippen LogP) is 1.59. The molecule has 1 saturated heterocycles. The van der Waals surface area contributed by atoms with Crippen LogP contribution in [0.25, 0.3) is 0 Å². The number of nitrogens with one attached hydrogen (secondary N) is 1. The lowest BCUT2D eigenvalue weighted by atomic mass is 10.2. The molecule has 1 N–H and O–H groups in total. The molecule has 0 bridgehead atoms. The molecule has 0 unspecified atom stereocenters. The topological polar surface area (TPSA) is 84.4 Å². The smallest absolute Gasteiger partial charge is 0.243 e. The Balaban J connectivity index is 1.90. The summed E-state index contributed by atoms with van der Waals surface area (Å²) in [6, 6.07) is 7.00. The van der Waals surface area contributed by atoms with Crippen molar-refractivity contribution in [2.75, 3.05) is 32.1 Å². The highest BCUT2D eigenvalue weighted by Gasteiger charge is 2.33. The summed E-state index contributed by atoms with van der Waals surface area (Å²) in [6.07, 6.45) is 2.71. The summed E-state index contributed by atoms with van der Waals surface area (Å²) in [6.45, 7) is 2.65. The molecule has 0 radical (unpaired) electrons. The van der Waals surface area contributed by atoms with Gasteiger partial charge >= 0.3 is 0 Å². The number of ether oxygens (including phenoxy) is 1. The minimum Gasteiger partial charge on any atom is -0.372 e. The Bertz CT molecular complexity index is 826. The maximum Gasteiger partial charge on any atom is 0.243 e. The summed E-state index contributed by atoms with van der Waals surface area (Å²) < 4.78 is 33.1. The number of hydrogen-bond donors (Lipinski definition) is 1. The van der Waals surface area contributed by atoms with Crippen LogP contribution in [0, 0.1) is 6.92 Å². The van der Waals surface area contributed by atoms with E-state index in [1.54, 1.807) is 44.6 Å². The maximum atomic E-state index is 13.0. The molecule has 0 amide bonds. The number of aromatic nitrogens is 2. The molecule has 1 atom stereocenters. The summed E-state index contributed by atoms with van der Waals surface area (Å²) in [4.78, 5) is 8.85. The second kappa shape index (κ2) is 6.84. The third-order valence-electron chi connectivity index (χ3n) is 4.01. The van der Waals surface area contributed by atoms with Crippen LogP contribution in [0.5, 0.6) is 0 Å². The quantitative estimate of drug-likeness (QED) is 0.903. The van der Waals surface area contributed by atoms with Crippen LogP contribution in [0.15, 0.2) is 41.6 Å². The van der Waals surface area contributed by atoms with E-state index in [1.165, 1.54) is 4.31 Å². The Hall–Kier alpha value is -2.03. The molecular formula is C16H20N4O3S. The molecular weight excluding hydrogens is 328 g/mol. The van der Waals surface area contributed by atoms with Gasteiger partial charge in [0, 0.05) is 32.5 Å². The van der Waals surface area contributed by atoms with Crippen LogP contribution in [0.4, 0.5) is 5.82 Å². The maximum absolute atomic E-state index is 13.0. The molecule has 24 heavy (non-hydrogen) atoms. The van der Waals surface area contributed by atoms with E-state index in [4.69, 9.17) is 4.74 Å². The minimum absolute atomic E-state index is 0.212. The van der Waals surface area contributed by atoms with Crippen molar-refractivity contribution in [3.05, 3.63) is 47.9 Å². The monoisotopic (exact) mass is 348 g/mol. The fourth-order valence-electron chi connectivity index (χ4n) is 2.77. The normalized spacial score (nSPS) is 19.2. The van der Waals surface area contributed by atoms with Crippen LogP contribution < -0.4 is 5.32 Å². The van der Waals surface area contributed by atoms with Gasteiger partial charge in [-0.1, -0.05) is 18.2 Å². The average molecular weight is 348 g/mol. The zero-order valence-corrected chi connectivity index (χ0v) is 14.5. The Kier molecular flexibility index (Phi) is 4.79. The third-order valence-corrected chi connectivity index (χ3v) is 6.03. The molecule has 2 heterocycles. The Morgan fingerprint density at radius 1 is 1.25 bits per heavy atom. The van der Waals surface area contributed by atoms with Crippen LogP contribution >= 0.6 is 0 Å². The molecule has 1 aliphatic heterocycles. The second-order valence-electron chi connectivity index (χ2n) is 5.53. The highest BCUT2D eigenvalue weighted by atomic mass is 32.2. The van der Waals surface area contributed by atoms with Crippen molar-refractivity contribution in [1.82, 2.24) is 14.3 Å². The first-order valence-electron chi connectivity index (χ1n) is 7.70. The van der Waals surface area contributed by atoms with Gasteiger partial charge in [0.2, 0.25) is 10.0 Å². The Morgan fingerprint density at radius 3 is 2.75 bits per heavy atom. The first-order valence-corrected chi connectivity index (χ1v) is 9.14. The number of benzene rings is 1. The number of hydrogen-bond acceptors (Lipinski definition) is 6. The SMILES string of the molecule is CNc1nccnc1[C@H]1CN(S(=O)(=O)c2ccccc2C)CCO1. The van der Waals surface area contributed by atoms with Gasteiger partial charge in [-0.25, -0.2) is 13.4 Å². The molecule has 1 fully saturated rings. The highest BCUT2D eigenvalue weighted by Crippen LogP contribution is 2.29. The summed E-state index contributed by atoms with van der Waals surface area (Å²) in [5.41, 5.74) is 1.35. The Labute approximate surface area is 141 Å². The van der Waals surface area contributed by atoms with E-state index in [1.807, 2.05) is 6.07 Å². The standard InChI is InChI=1S/C16H20N4O3S/c1-12-5-3-4-6-14(12)24(21,22)20-9-10-23-13(11-20)15-16(17-2)19-8-7-18-15/h3-8,13H,9-11H2,1-2H3,(H,17,19)/t13-/m1/s1. The molecule has 3 rings (SSSR count). The van der Waals surface area contributed by atoms with Crippen molar-refractivity contribution in [2.24, 2.45) is 0 Å². The number of anilines is 1. The fraction of sp³-hybridized carbons (Fsp3) is 0.375. The first kappa shape index (κ1) is 16.8. The number of nitrogens with zero attached hydrogens (tertiary/aromatic N) is 3. The minimum atomic E-state index is -3.57. The van der Waals surface area contributed by atoms with E-state index in [2.05, 4.69) is 15.3 Å². The molecule has 1 aliphatic rings. The largest absolute Gasteiger partial charge is 0.372 e. The lowest BCUT2D eigenvalue weighted by Crippen LogP contribution is -2.42. The van der Waals surface area contributed by atoms with Crippen molar-refractivity contribution in [3.63, 3.8) is 0 Å². The molecule has 128 valence electrons. The number of rotatable bonds is 4. The highest BCUT2D eigenvalue weighted by molar-refractivity contribution is 7.89. The molecule has 2 aromatic rings. The number of morpholine rings is 1. The average Bonchev–Trinajstić information content (AvgIpc) is 2.62. The summed E-state index contributed by atoms with van der Waals surface area (Å²) in [7, 11) is -1.82.